The van der Waals surface area contributed by atoms with Crippen LogP contribution in [0.3, 0.4) is 0 Å². The topological polar surface area (TPSA) is 74.2 Å². The largest absolute Gasteiger partial charge is 0.435 e. The number of thiazole rings is 1. The first-order chi connectivity index (χ1) is 11.9. The first-order valence-electron chi connectivity index (χ1n) is 7.55. The first-order valence-corrected chi connectivity index (χ1v) is 8.43. The zero-order valence-corrected chi connectivity index (χ0v) is 13.8. The van der Waals surface area contributed by atoms with Gasteiger partial charge in [0.1, 0.15) is 0 Å². The summed E-state index contributed by atoms with van der Waals surface area (Å²) in [6.07, 6.45) is -2.05. The Balaban J connectivity index is 1.58. The van der Waals surface area contributed by atoms with Gasteiger partial charge in [-0.3, -0.25) is 5.32 Å². The van der Waals surface area contributed by atoms with Crippen molar-refractivity contribution < 1.29 is 18.0 Å². The van der Waals surface area contributed by atoms with Gasteiger partial charge in [0.2, 0.25) is 0 Å². The number of urea groups is 1. The van der Waals surface area contributed by atoms with Gasteiger partial charge < -0.3 is 9.80 Å². The predicted molar refractivity (Wildman–Crippen MR) is 86.6 cm³/mol. The fourth-order valence-corrected chi connectivity index (χ4v) is 3.12. The lowest BCUT2D eigenvalue weighted by molar-refractivity contribution is -0.141. The Morgan fingerprint density at radius 2 is 2.00 bits per heavy atom. The fourth-order valence-electron chi connectivity index (χ4n) is 2.42. The highest BCUT2D eigenvalue weighted by molar-refractivity contribution is 7.13. The molecule has 134 valence electrons. The summed E-state index contributed by atoms with van der Waals surface area (Å²) in [7, 11) is 0. The molecule has 0 spiro atoms. The minimum atomic E-state index is -4.56. The molecule has 0 unspecified atom stereocenters. The second-order valence-corrected chi connectivity index (χ2v) is 6.25. The lowest BCUT2D eigenvalue weighted by Gasteiger charge is -2.21. The number of halogens is 3. The van der Waals surface area contributed by atoms with Gasteiger partial charge in [0.25, 0.3) is 0 Å². The number of carbonyl (C=O) groups is 1. The molecular weight excluding hydrogens is 357 g/mol. The highest BCUT2D eigenvalue weighted by Crippen LogP contribution is 2.27. The smallest absolute Gasteiger partial charge is 0.346 e. The summed E-state index contributed by atoms with van der Waals surface area (Å²) in [6.45, 7) is 2.46. The van der Waals surface area contributed by atoms with E-state index in [9.17, 15) is 18.0 Å². The highest BCUT2D eigenvalue weighted by Gasteiger charge is 2.33. The third kappa shape index (κ3) is 4.35. The van der Waals surface area contributed by atoms with Crippen LogP contribution in [0, 0.1) is 0 Å². The van der Waals surface area contributed by atoms with E-state index in [4.69, 9.17) is 0 Å². The number of anilines is 2. The molecule has 1 aliphatic heterocycles. The Hall–Kier alpha value is -2.43. The number of aromatic nitrogens is 3. The van der Waals surface area contributed by atoms with E-state index in [1.807, 2.05) is 5.38 Å². The molecule has 2 amide bonds. The summed E-state index contributed by atoms with van der Waals surface area (Å²) in [5.74, 6) is -0.0148. The predicted octanol–water partition coefficient (Wildman–Crippen LogP) is 2.70. The summed E-state index contributed by atoms with van der Waals surface area (Å²) in [5.41, 5.74) is -1.10. The number of amides is 2. The third-order valence-corrected chi connectivity index (χ3v) is 4.50. The van der Waals surface area contributed by atoms with E-state index >= 15 is 0 Å². The molecule has 1 saturated heterocycles. The van der Waals surface area contributed by atoms with Gasteiger partial charge in [-0.15, -0.1) is 21.5 Å². The maximum Gasteiger partial charge on any atom is 0.435 e. The normalized spacial score (nSPS) is 15.8. The summed E-state index contributed by atoms with van der Waals surface area (Å²) < 4.78 is 37.4. The molecule has 0 saturated carbocycles. The minimum absolute atomic E-state index is 0.0148. The SMILES string of the molecule is O=C(Nc1ccc(C(F)(F)F)nn1)N1CCCN(c2nccs2)CC1. The van der Waals surface area contributed by atoms with Crippen molar-refractivity contribution in [3.63, 3.8) is 0 Å². The van der Waals surface area contributed by atoms with Gasteiger partial charge in [0.05, 0.1) is 0 Å². The lowest BCUT2D eigenvalue weighted by Crippen LogP contribution is -2.38. The van der Waals surface area contributed by atoms with Gasteiger partial charge in [-0.05, 0) is 18.6 Å². The van der Waals surface area contributed by atoms with E-state index in [-0.39, 0.29) is 5.82 Å². The molecule has 0 aromatic carbocycles. The van der Waals surface area contributed by atoms with Crippen molar-refractivity contribution >= 4 is 28.3 Å². The van der Waals surface area contributed by atoms with Crippen LogP contribution in [0.4, 0.5) is 28.9 Å². The number of rotatable bonds is 2. The molecule has 11 heteroatoms. The quantitative estimate of drug-likeness (QED) is 0.877. The number of nitrogens with one attached hydrogen (secondary N) is 1. The molecule has 3 heterocycles. The van der Waals surface area contributed by atoms with Crippen LogP contribution in [0.1, 0.15) is 12.1 Å². The second-order valence-electron chi connectivity index (χ2n) is 5.37. The second kappa shape index (κ2) is 7.21. The van der Waals surface area contributed by atoms with Gasteiger partial charge in [0.15, 0.2) is 16.6 Å². The number of carbonyl (C=O) groups excluding carboxylic acids is 1. The average molecular weight is 372 g/mol. The molecule has 1 fully saturated rings. The van der Waals surface area contributed by atoms with Gasteiger partial charge in [-0.25, -0.2) is 9.78 Å². The number of alkyl halides is 3. The van der Waals surface area contributed by atoms with E-state index in [1.54, 1.807) is 11.1 Å². The molecule has 25 heavy (non-hydrogen) atoms. The zero-order valence-electron chi connectivity index (χ0n) is 13.0. The molecule has 0 aliphatic carbocycles. The fraction of sp³-hybridized carbons (Fsp3) is 0.429. The Morgan fingerprint density at radius 1 is 1.16 bits per heavy atom. The summed E-state index contributed by atoms with van der Waals surface area (Å²) >= 11 is 1.54. The van der Waals surface area contributed by atoms with Crippen molar-refractivity contribution in [1.82, 2.24) is 20.1 Å². The first kappa shape index (κ1) is 17.4. The van der Waals surface area contributed by atoms with Crippen molar-refractivity contribution in [2.45, 2.75) is 12.6 Å². The molecule has 2 aromatic rings. The summed E-state index contributed by atoms with van der Waals surface area (Å²) in [6, 6.07) is 1.47. The molecule has 3 rings (SSSR count). The van der Waals surface area contributed by atoms with Crippen molar-refractivity contribution in [3.8, 4) is 0 Å². The molecule has 0 bridgehead atoms. The zero-order chi connectivity index (χ0) is 17.9. The average Bonchev–Trinajstić information content (AvgIpc) is 2.99. The van der Waals surface area contributed by atoms with Crippen LogP contribution in [0.5, 0.6) is 0 Å². The van der Waals surface area contributed by atoms with Crippen LogP contribution >= 0.6 is 11.3 Å². The molecular formula is C14H15F3N6OS. The van der Waals surface area contributed by atoms with Crippen molar-refractivity contribution in [3.05, 3.63) is 29.4 Å². The van der Waals surface area contributed by atoms with E-state index in [1.165, 1.54) is 11.3 Å². The summed E-state index contributed by atoms with van der Waals surface area (Å²) in [5, 5.41) is 11.8. The lowest BCUT2D eigenvalue weighted by atomic mass is 10.4. The molecule has 7 nitrogen and oxygen atoms in total. The Bertz CT molecular complexity index is 706. The number of hydrogen-bond donors (Lipinski definition) is 1. The van der Waals surface area contributed by atoms with Crippen LogP contribution in [0.25, 0.3) is 0 Å². The Morgan fingerprint density at radius 3 is 2.64 bits per heavy atom. The van der Waals surface area contributed by atoms with Crippen LogP contribution in [-0.4, -0.2) is 52.3 Å². The summed E-state index contributed by atoms with van der Waals surface area (Å²) in [4.78, 5) is 20.3. The maximum absolute atomic E-state index is 12.5. The van der Waals surface area contributed by atoms with Crippen molar-refractivity contribution in [2.75, 3.05) is 36.4 Å². The molecule has 1 N–H and O–H groups in total. The van der Waals surface area contributed by atoms with Gasteiger partial charge in [-0.1, -0.05) is 0 Å². The number of hydrogen-bond acceptors (Lipinski definition) is 6. The third-order valence-electron chi connectivity index (χ3n) is 3.66. The van der Waals surface area contributed by atoms with Gasteiger partial charge in [-0.2, -0.15) is 13.2 Å². The van der Waals surface area contributed by atoms with E-state index < -0.39 is 17.9 Å². The molecule has 0 atom stereocenters. The van der Waals surface area contributed by atoms with Crippen LogP contribution in [0.15, 0.2) is 23.7 Å². The molecule has 2 aromatic heterocycles. The van der Waals surface area contributed by atoms with Crippen molar-refractivity contribution in [2.24, 2.45) is 0 Å². The minimum Gasteiger partial charge on any atom is -0.346 e. The standard InChI is InChI=1S/C14H15F3N6OS/c15-14(16,17)10-2-3-11(21-20-10)19-12(24)22-5-1-6-23(8-7-22)13-18-4-9-25-13/h2-4,9H,1,5-8H2,(H,19,21,24). The van der Waals surface area contributed by atoms with Crippen LogP contribution in [0.2, 0.25) is 0 Å². The van der Waals surface area contributed by atoms with Gasteiger partial charge >= 0.3 is 12.2 Å². The van der Waals surface area contributed by atoms with Gasteiger partial charge in [0, 0.05) is 37.8 Å². The van der Waals surface area contributed by atoms with E-state index in [0.29, 0.717) is 19.6 Å². The highest BCUT2D eigenvalue weighted by atomic mass is 32.1. The Kier molecular flexibility index (Phi) is 5.02. The van der Waals surface area contributed by atoms with E-state index in [0.717, 1.165) is 30.2 Å². The Labute approximate surface area is 145 Å². The maximum atomic E-state index is 12.5. The monoisotopic (exact) mass is 372 g/mol. The van der Waals surface area contributed by atoms with Crippen LogP contribution in [-0.2, 0) is 6.18 Å². The van der Waals surface area contributed by atoms with Crippen LogP contribution < -0.4 is 10.2 Å². The molecule has 1 aliphatic rings. The van der Waals surface area contributed by atoms with E-state index in [2.05, 4.69) is 25.4 Å². The molecule has 0 radical (unpaired) electrons. The number of nitrogens with zero attached hydrogens (tertiary/aromatic N) is 5. The van der Waals surface area contributed by atoms with Crippen molar-refractivity contribution in [1.29, 1.82) is 0 Å².